The van der Waals surface area contributed by atoms with E-state index in [2.05, 4.69) is 38.2 Å². The Morgan fingerprint density at radius 2 is 0.772 bits per heavy atom. The molecule has 0 radical (unpaired) electrons. The van der Waals surface area contributed by atoms with Gasteiger partial charge in [0.05, 0.1) is 29.2 Å². The van der Waals surface area contributed by atoms with Crippen LogP contribution in [0.1, 0.15) is 240 Å². The average Bonchev–Trinajstić information content (AvgIpc) is 3.18. The predicted molar refractivity (Wildman–Crippen MR) is 232 cm³/mol. The van der Waals surface area contributed by atoms with E-state index in [-0.39, 0.29) is 53.9 Å². The molecule has 0 heterocycles. The summed E-state index contributed by atoms with van der Waals surface area (Å²) in [6, 6.07) is 3.11. The Hall–Kier alpha value is -1.45. The van der Waals surface area contributed by atoms with Crippen LogP contribution in [0.5, 0.6) is 0 Å². The zero-order valence-electron chi connectivity index (χ0n) is 36.8. The van der Waals surface area contributed by atoms with Crippen molar-refractivity contribution >= 4 is 22.1 Å². The van der Waals surface area contributed by atoms with Gasteiger partial charge in [-0.15, -0.1) is 0 Å². The van der Waals surface area contributed by atoms with Crippen molar-refractivity contribution in [3.63, 3.8) is 0 Å². The number of unbranched alkanes of at least 4 members (excludes halogenated alkanes) is 28. The Balaban J connectivity index is 0.0000314. The largest absolute Gasteiger partial charge is 1.00 e. The van der Waals surface area contributed by atoms with Crippen molar-refractivity contribution in [3.8, 4) is 0 Å². The second kappa shape index (κ2) is 40.0. The molecule has 0 unspecified atom stereocenters. The first-order valence-electron chi connectivity index (χ1n) is 23.0. The zero-order chi connectivity index (χ0) is 40.8. The minimum absolute atomic E-state index is 0. The van der Waals surface area contributed by atoms with Crippen molar-refractivity contribution in [3.05, 3.63) is 53.6 Å². The molecule has 57 heavy (non-hydrogen) atoms. The number of hydrogen-bond acceptors (Lipinski definition) is 7. The Kier molecular flexibility index (Phi) is 39.0. The number of rotatable bonds is 39. The Labute approximate surface area is 372 Å². The van der Waals surface area contributed by atoms with Gasteiger partial charge in [-0.05, 0) is 95.2 Å². The van der Waals surface area contributed by atoms with Crippen LogP contribution in [0.25, 0.3) is 0 Å². The number of allylic oxidation sites excluding steroid dienone is 4. The topological polar surface area (TPSA) is 110 Å². The van der Waals surface area contributed by atoms with Crippen LogP contribution in [0.3, 0.4) is 0 Å². The van der Waals surface area contributed by atoms with Gasteiger partial charge in [0.2, 0.25) is 0 Å². The van der Waals surface area contributed by atoms with Crippen LogP contribution < -0.4 is 29.6 Å². The van der Waals surface area contributed by atoms with E-state index in [1.54, 1.807) is 0 Å². The van der Waals surface area contributed by atoms with Crippen molar-refractivity contribution in [2.75, 3.05) is 13.2 Å². The molecule has 7 nitrogen and oxygen atoms in total. The van der Waals surface area contributed by atoms with E-state index in [1.165, 1.54) is 141 Å². The van der Waals surface area contributed by atoms with Crippen molar-refractivity contribution in [1.29, 1.82) is 0 Å². The minimum Gasteiger partial charge on any atom is -0.744 e. The summed E-state index contributed by atoms with van der Waals surface area (Å²) in [5.74, 6) is -1.58. The fourth-order valence-electron chi connectivity index (χ4n) is 6.92. The fourth-order valence-corrected chi connectivity index (χ4v) is 7.41. The number of esters is 2. The maximum absolute atomic E-state index is 12.9. The molecule has 0 spiro atoms. The molecule has 1 aromatic carbocycles. The maximum atomic E-state index is 12.9. The predicted octanol–water partition coefficient (Wildman–Crippen LogP) is 11.5. The first-order valence-corrected chi connectivity index (χ1v) is 24.5. The molecule has 0 atom stereocenters. The van der Waals surface area contributed by atoms with E-state index >= 15 is 0 Å². The van der Waals surface area contributed by atoms with Gasteiger partial charge < -0.3 is 14.0 Å². The van der Waals surface area contributed by atoms with Gasteiger partial charge in [0.25, 0.3) is 0 Å². The Morgan fingerprint density at radius 1 is 0.474 bits per heavy atom. The molecular formula is C48H81NaO7S. The molecule has 0 N–H and O–H groups in total. The molecule has 322 valence electrons. The van der Waals surface area contributed by atoms with Gasteiger partial charge in [0, 0.05) is 0 Å². The van der Waals surface area contributed by atoms with E-state index in [9.17, 15) is 22.6 Å². The second-order valence-electron chi connectivity index (χ2n) is 15.7. The SMILES string of the molecule is CCCCCCCCCCCCC/C=C/CCCCCOC(=O)c1ccc(S(=O)(=O)[O-])cc1C(=O)OCCCCC/C=C/CCCCCCCCCCCCC.[Na+]. The molecule has 0 aliphatic heterocycles. The van der Waals surface area contributed by atoms with Gasteiger partial charge in [-0.25, -0.2) is 18.0 Å². The van der Waals surface area contributed by atoms with Crippen LogP contribution >= 0.6 is 0 Å². The van der Waals surface area contributed by atoms with E-state index < -0.39 is 27.0 Å². The van der Waals surface area contributed by atoms with Crippen LogP contribution in [0.15, 0.2) is 47.4 Å². The first kappa shape index (κ1) is 55.5. The monoisotopic (exact) mass is 825 g/mol. The molecule has 9 heteroatoms. The summed E-state index contributed by atoms with van der Waals surface area (Å²) in [5.41, 5.74) is -0.365. The number of hydrogen-bond donors (Lipinski definition) is 0. The number of carbonyl (C=O) groups excluding carboxylic acids is 2. The van der Waals surface area contributed by atoms with Gasteiger partial charge in [0.1, 0.15) is 10.1 Å². The Bertz CT molecular complexity index is 1280. The van der Waals surface area contributed by atoms with Crippen LogP contribution in [-0.2, 0) is 19.6 Å². The van der Waals surface area contributed by atoms with E-state index in [0.29, 0.717) is 12.8 Å². The molecular weight excluding hydrogens is 744 g/mol. The minimum atomic E-state index is -4.82. The maximum Gasteiger partial charge on any atom is 1.00 e. The third-order valence-electron chi connectivity index (χ3n) is 10.5. The van der Waals surface area contributed by atoms with Crippen molar-refractivity contribution < 1.29 is 61.6 Å². The second-order valence-corrected chi connectivity index (χ2v) is 17.1. The van der Waals surface area contributed by atoms with E-state index in [0.717, 1.165) is 69.6 Å². The molecule has 0 aliphatic rings. The zero-order valence-corrected chi connectivity index (χ0v) is 39.7. The van der Waals surface area contributed by atoms with Crippen molar-refractivity contribution in [2.24, 2.45) is 0 Å². The van der Waals surface area contributed by atoms with Gasteiger partial charge in [-0.3, -0.25) is 0 Å². The standard InChI is InChI=1S/C48H82O7S.Na/c1-3-5-7-9-11-13-15-17-19-21-23-25-27-29-31-33-35-37-41-54-47(49)45-40-39-44(56(51,52)53)43-46(45)48(50)55-42-38-36-34-32-30-28-26-24-22-20-18-16-14-12-10-8-6-4-2;/h27-30,39-40,43H,3-26,31-38,41-42H2,1-2H3,(H,51,52,53);/q;+1/p-1/b29-27+,30-28+;. The van der Waals surface area contributed by atoms with E-state index in [1.807, 2.05) is 0 Å². The summed E-state index contributed by atoms with van der Waals surface area (Å²) in [7, 11) is -4.82. The molecule has 0 saturated heterocycles. The van der Waals surface area contributed by atoms with Crippen LogP contribution in [0.2, 0.25) is 0 Å². The molecule has 1 rings (SSSR count). The number of ether oxygens (including phenoxy) is 2. The summed E-state index contributed by atoms with van der Waals surface area (Å²) >= 11 is 0. The van der Waals surface area contributed by atoms with E-state index in [4.69, 9.17) is 9.47 Å². The normalized spacial score (nSPS) is 11.7. The van der Waals surface area contributed by atoms with Crippen LogP contribution in [-0.4, -0.2) is 38.1 Å². The third kappa shape index (κ3) is 33.0. The molecule has 0 fully saturated rings. The summed E-state index contributed by atoms with van der Waals surface area (Å²) in [5, 5.41) is 0. The number of carbonyl (C=O) groups is 2. The van der Waals surface area contributed by atoms with Crippen molar-refractivity contribution in [1.82, 2.24) is 0 Å². The summed E-state index contributed by atoms with van der Waals surface area (Å²) in [4.78, 5) is 25.2. The number of benzene rings is 1. The van der Waals surface area contributed by atoms with Crippen LogP contribution in [0, 0.1) is 0 Å². The smallest absolute Gasteiger partial charge is 0.744 e. The molecule has 0 aliphatic carbocycles. The van der Waals surface area contributed by atoms with Crippen molar-refractivity contribution in [2.45, 2.75) is 224 Å². The Morgan fingerprint density at radius 3 is 1.11 bits per heavy atom. The molecule has 1 aromatic rings. The molecule has 0 aromatic heterocycles. The van der Waals surface area contributed by atoms with Crippen LogP contribution in [0.4, 0.5) is 0 Å². The summed E-state index contributed by atoms with van der Waals surface area (Å²) in [6.07, 6.45) is 48.0. The van der Waals surface area contributed by atoms with Gasteiger partial charge in [-0.1, -0.05) is 167 Å². The van der Waals surface area contributed by atoms with Gasteiger partial charge in [-0.2, -0.15) is 0 Å². The average molecular weight is 825 g/mol. The molecule has 0 bridgehead atoms. The van der Waals surface area contributed by atoms with Gasteiger partial charge >= 0.3 is 41.5 Å². The summed E-state index contributed by atoms with van der Waals surface area (Å²) in [6.45, 7) is 4.85. The molecule has 0 saturated carbocycles. The quantitative estimate of drug-likeness (QED) is 0.0214. The first-order chi connectivity index (χ1) is 27.3. The summed E-state index contributed by atoms with van der Waals surface area (Å²) < 4.78 is 45.8. The third-order valence-corrected chi connectivity index (χ3v) is 11.3. The fraction of sp³-hybridized carbons (Fsp3) is 0.750. The van der Waals surface area contributed by atoms with Gasteiger partial charge in [0.15, 0.2) is 0 Å². The molecule has 0 amide bonds.